The second-order valence-corrected chi connectivity index (χ2v) is 5.46. The van der Waals surface area contributed by atoms with Crippen molar-refractivity contribution in [3.8, 4) is 0 Å². The predicted octanol–water partition coefficient (Wildman–Crippen LogP) is 3.93. The van der Waals surface area contributed by atoms with E-state index in [4.69, 9.17) is 23.2 Å². The molecular formula is C15H16Cl2N2O. The molecule has 2 rings (SSSR count). The number of benzene rings is 1. The number of hydrogen-bond donors (Lipinski definition) is 1. The second kappa shape index (κ2) is 6.53. The number of hydrogen-bond acceptors (Lipinski definition) is 3. The Hall–Kier alpha value is -1.16. The number of rotatable bonds is 4. The number of halogens is 2. The summed E-state index contributed by atoms with van der Waals surface area (Å²) in [5.41, 5.74) is 3.22. The van der Waals surface area contributed by atoms with Crippen LogP contribution in [0.1, 0.15) is 35.5 Å². The number of nitrogens with zero attached hydrogens (tertiary/aromatic N) is 2. The van der Waals surface area contributed by atoms with Crippen molar-refractivity contribution in [3.05, 3.63) is 56.8 Å². The fourth-order valence-corrected chi connectivity index (χ4v) is 2.52. The highest BCUT2D eigenvalue weighted by Crippen LogP contribution is 2.30. The average molecular weight is 311 g/mol. The van der Waals surface area contributed by atoms with Crippen LogP contribution in [0.3, 0.4) is 0 Å². The van der Waals surface area contributed by atoms with Crippen molar-refractivity contribution in [2.45, 2.75) is 32.8 Å². The maximum atomic E-state index is 10.5. The molecule has 1 aromatic carbocycles. The standard InChI is InChI=1S/C15H16Cl2N2O/c1-3-13-11(7-9(2)18-19-13)14(20)8-10-5-4-6-12(16)15(10)17/h4-7,14,20H,3,8H2,1-2H3. The normalized spacial score (nSPS) is 12.4. The van der Waals surface area contributed by atoms with Crippen LogP contribution < -0.4 is 0 Å². The van der Waals surface area contributed by atoms with E-state index >= 15 is 0 Å². The van der Waals surface area contributed by atoms with E-state index in [-0.39, 0.29) is 0 Å². The summed E-state index contributed by atoms with van der Waals surface area (Å²) in [6.45, 7) is 3.84. The fourth-order valence-electron chi connectivity index (χ4n) is 2.12. The number of aliphatic hydroxyl groups excluding tert-OH is 1. The molecule has 1 N–H and O–H groups in total. The van der Waals surface area contributed by atoms with Crippen LogP contribution in [0.15, 0.2) is 24.3 Å². The molecule has 1 aromatic heterocycles. The van der Waals surface area contributed by atoms with Crippen LogP contribution in [0.5, 0.6) is 0 Å². The second-order valence-electron chi connectivity index (χ2n) is 4.67. The quantitative estimate of drug-likeness (QED) is 0.930. The van der Waals surface area contributed by atoms with Crippen LogP contribution in [0.2, 0.25) is 10.0 Å². The van der Waals surface area contributed by atoms with Gasteiger partial charge in [0.25, 0.3) is 0 Å². The molecule has 5 heteroatoms. The lowest BCUT2D eigenvalue weighted by Gasteiger charge is -2.15. The van der Waals surface area contributed by atoms with E-state index < -0.39 is 6.10 Å². The molecule has 0 aliphatic carbocycles. The predicted molar refractivity (Wildman–Crippen MR) is 81.3 cm³/mol. The van der Waals surface area contributed by atoms with E-state index in [0.717, 1.165) is 28.9 Å². The first-order valence-corrected chi connectivity index (χ1v) is 7.22. The zero-order chi connectivity index (χ0) is 14.7. The minimum absolute atomic E-state index is 0.400. The average Bonchev–Trinajstić information content (AvgIpc) is 2.43. The van der Waals surface area contributed by atoms with Gasteiger partial charge in [-0.3, -0.25) is 0 Å². The van der Waals surface area contributed by atoms with Gasteiger partial charge < -0.3 is 5.11 Å². The van der Waals surface area contributed by atoms with Crippen molar-refractivity contribution in [3.63, 3.8) is 0 Å². The fraction of sp³-hybridized carbons (Fsp3) is 0.333. The zero-order valence-corrected chi connectivity index (χ0v) is 12.9. The molecule has 1 heterocycles. The largest absolute Gasteiger partial charge is 0.388 e. The first-order valence-electron chi connectivity index (χ1n) is 6.47. The molecule has 0 aliphatic heterocycles. The monoisotopic (exact) mass is 310 g/mol. The van der Waals surface area contributed by atoms with Crippen LogP contribution in [0.4, 0.5) is 0 Å². The Balaban J connectivity index is 2.30. The summed E-state index contributed by atoms with van der Waals surface area (Å²) in [6.07, 6.45) is 0.454. The molecule has 0 amide bonds. The van der Waals surface area contributed by atoms with Crippen molar-refractivity contribution < 1.29 is 5.11 Å². The van der Waals surface area contributed by atoms with Crippen LogP contribution in [-0.2, 0) is 12.8 Å². The lowest BCUT2D eigenvalue weighted by molar-refractivity contribution is 0.176. The molecular weight excluding hydrogens is 295 g/mol. The van der Waals surface area contributed by atoms with Gasteiger partial charge in [-0.1, -0.05) is 42.3 Å². The third-order valence-corrected chi connectivity index (χ3v) is 4.02. The molecule has 0 spiro atoms. The number of aliphatic hydroxyl groups is 1. The molecule has 0 bridgehead atoms. The smallest absolute Gasteiger partial charge is 0.0849 e. The lowest BCUT2D eigenvalue weighted by atomic mass is 9.99. The highest BCUT2D eigenvalue weighted by Gasteiger charge is 2.16. The van der Waals surface area contributed by atoms with E-state index in [1.165, 1.54) is 0 Å². The summed E-state index contributed by atoms with van der Waals surface area (Å²) in [5, 5.41) is 19.6. The highest BCUT2D eigenvalue weighted by atomic mass is 35.5. The van der Waals surface area contributed by atoms with Gasteiger partial charge in [-0.15, -0.1) is 0 Å². The molecule has 0 aliphatic rings. The molecule has 0 saturated heterocycles. The molecule has 1 unspecified atom stereocenters. The molecule has 1 atom stereocenters. The molecule has 0 saturated carbocycles. The Morgan fingerprint density at radius 1 is 1.25 bits per heavy atom. The summed E-state index contributed by atoms with van der Waals surface area (Å²) in [7, 11) is 0. The summed E-state index contributed by atoms with van der Waals surface area (Å²) in [4.78, 5) is 0. The van der Waals surface area contributed by atoms with Crippen molar-refractivity contribution in [2.75, 3.05) is 0 Å². The molecule has 2 aromatic rings. The minimum atomic E-state index is -0.671. The highest BCUT2D eigenvalue weighted by molar-refractivity contribution is 6.42. The van der Waals surface area contributed by atoms with Crippen LogP contribution in [-0.4, -0.2) is 15.3 Å². The van der Waals surface area contributed by atoms with Crippen LogP contribution in [0.25, 0.3) is 0 Å². The topological polar surface area (TPSA) is 46.0 Å². The van der Waals surface area contributed by atoms with Gasteiger partial charge in [-0.25, -0.2) is 0 Å². The maximum absolute atomic E-state index is 10.5. The Morgan fingerprint density at radius 2 is 2.00 bits per heavy atom. The third-order valence-electron chi connectivity index (χ3n) is 3.16. The van der Waals surface area contributed by atoms with Gasteiger partial charge >= 0.3 is 0 Å². The van der Waals surface area contributed by atoms with Crippen molar-refractivity contribution >= 4 is 23.2 Å². The summed E-state index contributed by atoms with van der Waals surface area (Å²) in [6, 6.07) is 7.29. The van der Waals surface area contributed by atoms with Crippen LogP contribution in [0, 0.1) is 6.92 Å². The molecule has 20 heavy (non-hydrogen) atoms. The third kappa shape index (κ3) is 3.29. The molecule has 0 fully saturated rings. The Kier molecular flexibility index (Phi) is 4.97. The molecule has 106 valence electrons. The first kappa shape index (κ1) is 15.2. The van der Waals surface area contributed by atoms with Crippen molar-refractivity contribution in [2.24, 2.45) is 0 Å². The van der Waals surface area contributed by atoms with Crippen LogP contribution >= 0.6 is 23.2 Å². The van der Waals surface area contributed by atoms with Gasteiger partial charge in [0.2, 0.25) is 0 Å². The van der Waals surface area contributed by atoms with E-state index in [1.807, 2.05) is 32.0 Å². The first-order chi connectivity index (χ1) is 9.52. The van der Waals surface area contributed by atoms with E-state index in [1.54, 1.807) is 6.07 Å². The van der Waals surface area contributed by atoms with E-state index in [0.29, 0.717) is 16.5 Å². The summed E-state index contributed by atoms with van der Waals surface area (Å²) < 4.78 is 0. The Morgan fingerprint density at radius 3 is 2.70 bits per heavy atom. The van der Waals surface area contributed by atoms with Gasteiger partial charge in [0.05, 0.1) is 27.5 Å². The van der Waals surface area contributed by atoms with Gasteiger partial charge in [0.1, 0.15) is 0 Å². The number of aromatic nitrogens is 2. The Labute approximate surface area is 128 Å². The van der Waals surface area contributed by atoms with E-state index in [9.17, 15) is 5.11 Å². The van der Waals surface area contributed by atoms with Crippen molar-refractivity contribution in [1.82, 2.24) is 10.2 Å². The van der Waals surface area contributed by atoms with E-state index in [2.05, 4.69) is 10.2 Å². The SMILES string of the molecule is CCc1nnc(C)cc1C(O)Cc1cccc(Cl)c1Cl. The Bertz CT molecular complexity index is 617. The summed E-state index contributed by atoms with van der Waals surface area (Å²) in [5.74, 6) is 0. The van der Waals surface area contributed by atoms with Gasteiger partial charge in [0.15, 0.2) is 0 Å². The maximum Gasteiger partial charge on any atom is 0.0849 e. The molecule has 0 radical (unpaired) electrons. The summed E-state index contributed by atoms with van der Waals surface area (Å²) >= 11 is 12.1. The number of aryl methyl sites for hydroxylation is 2. The van der Waals surface area contributed by atoms with Gasteiger partial charge in [-0.05, 0) is 31.0 Å². The lowest BCUT2D eigenvalue weighted by Crippen LogP contribution is -2.09. The van der Waals surface area contributed by atoms with Gasteiger partial charge in [0, 0.05) is 12.0 Å². The zero-order valence-electron chi connectivity index (χ0n) is 11.4. The van der Waals surface area contributed by atoms with Gasteiger partial charge in [-0.2, -0.15) is 10.2 Å². The molecule has 3 nitrogen and oxygen atoms in total. The minimum Gasteiger partial charge on any atom is -0.388 e. The van der Waals surface area contributed by atoms with Crippen molar-refractivity contribution in [1.29, 1.82) is 0 Å².